The third kappa shape index (κ3) is 6.65. The van der Waals surface area contributed by atoms with Crippen LogP contribution in [0.2, 0.25) is 0 Å². The van der Waals surface area contributed by atoms with Crippen LogP contribution in [0.3, 0.4) is 0 Å². The van der Waals surface area contributed by atoms with Crippen LogP contribution in [-0.2, 0) is 16.6 Å². The lowest BCUT2D eigenvalue weighted by Gasteiger charge is -2.08. The molecule has 2 N–H and O–H groups in total. The number of carbonyl (C=O) groups is 3. The average Bonchev–Trinajstić information content (AvgIpc) is 3.28. The van der Waals surface area contributed by atoms with Gasteiger partial charge in [0.15, 0.2) is 11.0 Å². The summed E-state index contributed by atoms with van der Waals surface area (Å²) in [5.74, 6) is -0.0148. The average molecular weight is 530 g/mol. The Balaban J connectivity index is 1.32. The highest BCUT2D eigenvalue weighted by Gasteiger charge is 2.14. The van der Waals surface area contributed by atoms with Crippen molar-refractivity contribution in [3.63, 3.8) is 0 Å². The number of hydrogen-bond donors (Lipinski definition) is 2. The molecule has 0 atom stereocenters. The highest BCUT2D eigenvalue weighted by atomic mass is 32.2. The van der Waals surface area contributed by atoms with E-state index in [1.165, 1.54) is 11.8 Å². The van der Waals surface area contributed by atoms with Gasteiger partial charge in [0.25, 0.3) is 5.91 Å². The topological polar surface area (TPSA) is 115 Å². The number of esters is 1. The van der Waals surface area contributed by atoms with Crippen LogP contribution in [0.25, 0.3) is 11.4 Å². The van der Waals surface area contributed by atoms with E-state index in [1.54, 1.807) is 37.3 Å². The van der Waals surface area contributed by atoms with Crippen molar-refractivity contribution in [3.8, 4) is 11.4 Å². The third-order valence-corrected chi connectivity index (χ3v) is 6.55. The minimum absolute atomic E-state index is 0.134. The molecule has 194 valence electrons. The first-order chi connectivity index (χ1) is 18.3. The quantitative estimate of drug-likeness (QED) is 0.233. The molecule has 0 spiro atoms. The molecule has 0 aliphatic heterocycles. The maximum absolute atomic E-state index is 12.5. The molecule has 4 rings (SSSR count). The molecule has 3 aromatic carbocycles. The van der Waals surface area contributed by atoms with Gasteiger partial charge < -0.3 is 19.9 Å². The zero-order valence-electron chi connectivity index (χ0n) is 21.2. The Morgan fingerprint density at radius 3 is 2.26 bits per heavy atom. The van der Waals surface area contributed by atoms with E-state index in [-0.39, 0.29) is 17.6 Å². The van der Waals surface area contributed by atoms with E-state index in [2.05, 4.69) is 20.8 Å². The number of amides is 2. The SMILES string of the molecule is CCOC(=O)c1ccc(NC(=O)CSc2nnc(-c3ccc(NC(=O)c4cccc(C)c4)cc3)n2C)cc1. The fraction of sp³-hybridized carbons (Fsp3) is 0.179. The Morgan fingerprint density at radius 1 is 0.895 bits per heavy atom. The van der Waals surface area contributed by atoms with Crippen LogP contribution in [0.4, 0.5) is 11.4 Å². The van der Waals surface area contributed by atoms with E-state index >= 15 is 0 Å². The Hall–Kier alpha value is -4.44. The summed E-state index contributed by atoms with van der Waals surface area (Å²) in [6, 6.07) is 21.3. The van der Waals surface area contributed by atoms with Gasteiger partial charge >= 0.3 is 5.97 Å². The molecule has 9 nitrogen and oxygen atoms in total. The van der Waals surface area contributed by atoms with Crippen LogP contribution < -0.4 is 10.6 Å². The van der Waals surface area contributed by atoms with Crippen molar-refractivity contribution >= 4 is 40.9 Å². The number of ether oxygens (including phenoxy) is 1. The number of anilines is 2. The van der Waals surface area contributed by atoms with Crippen LogP contribution in [0.5, 0.6) is 0 Å². The van der Waals surface area contributed by atoms with E-state index in [4.69, 9.17) is 4.74 Å². The molecule has 0 saturated heterocycles. The van der Waals surface area contributed by atoms with E-state index in [9.17, 15) is 14.4 Å². The number of carbonyl (C=O) groups excluding carboxylic acids is 3. The zero-order valence-corrected chi connectivity index (χ0v) is 22.0. The van der Waals surface area contributed by atoms with Gasteiger partial charge in [-0.1, -0.05) is 29.5 Å². The van der Waals surface area contributed by atoms with Gasteiger partial charge in [-0.05, 0) is 74.5 Å². The molecule has 1 heterocycles. The number of benzene rings is 3. The Kier molecular flexibility index (Phi) is 8.55. The first-order valence-corrected chi connectivity index (χ1v) is 12.9. The smallest absolute Gasteiger partial charge is 0.338 e. The summed E-state index contributed by atoms with van der Waals surface area (Å²) < 4.78 is 6.77. The lowest BCUT2D eigenvalue weighted by Crippen LogP contribution is -2.14. The lowest BCUT2D eigenvalue weighted by molar-refractivity contribution is -0.113. The Labute approximate surface area is 224 Å². The van der Waals surface area contributed by atoms with Crippen LogP contribution in [0, 0.1) is 6.92 Å². The molecule has 4 aromatic rings. The second kappa shape index (κ2) is 12.2. The van der Waals surface area contributed by atoms with Crippen LogP contribution in [-0.4, -0.2) is 44.9 Å². The van der Waals surface area contributed by atoms with Gasteiger partial charge in [-0.25, -0.2) is 4.79 Å². The van der Waals surface area contributed by atoms with Crippen LogP contribution in [0.15, 0.2) is 78.0 Å². The number of nitrogens with one attached hydrogen (secondary N) is 2. The standard InChI is InChI=1S/C28H27N5O4S/c1-4-37-27(36)20-10-14-22(15-11-20)29-24(34)17-38-28-32-31-25(33(28)3)19-8-12-23(13-9-19)30-26(35)21-7-5-6-18(2)16-21/h5-16H,4,17H2,1-3H3,(H,29,34)(H,30,35). The van der Waals surface area contributed by atoms with Crippen molar-refractivity contribution in [3.05, 3.63) is 89.5 Å². The summed E-state index contributed by atoms with van der Waals surface area (Å²) in [6.45, 7) is 3.99. The van der Waals surface area contributed by atoms with E-state index in [1.807, 2.05) is 61.0 Å². The maximum atomic E-state index is 12.5. The van der Waals surface area contributed by atoms with Gasteiger partial charge in [-0.3, -0.25) is 9.59 Å². The first-order valence-electron chi connectivity index (χ1n) is 11.9. The summed E-state index contributed by atoms with van der Waals surface area (Å²) in [7, 11) is 1.83. The molecule has 0 aliphatic carbocycles. The molecule has 10 heteroatoms. The highest BCUT2D eigenvalue weighted by Crippen LogP contribution is 2.24. The minimum Gasteiger partial charge on any atom is -0.462 e. The van der Waals surface area contributed by atoms with Gasteiger partial charge in [0.1, 0.15) is 0 Å². The molecule has 0 saturated carbocycles. The molecule has 38 heavy (non-hydrogen) atoms. The van der Waals surface area contributed by atoms with Crippen molar-refractivity contribution in [2.24, 2.45) is 7.05 Å². The number of aromatic nitrogens is 3. The fourth-order valence-electron chi connectivity index (χ4n) is 3.62. The first kappa shape index (κ1) is 26.6. The van der Waals surface area contributed by atoms with Crippen LogP contribution in [0.1, 0.15) is 33.2 Å². The van der Waals surface area contributed by atoms with E-state index in [0.29, 0.717) is 40.1 Å². The molecular formula is C28H27N5O4S. The normalized spacial score (nSPS) is 10.6. The molecule has 0 radical (unpaired) electrons. The van der Waals surface area contributed by atoms with Crippen molar-refractivity contribution in [1.82, 2.24) is 14.8 Å². The highest BCUT2D eigenvalue weighted by molar-refractivity contribution is 7.99. The number of rotatable bonds is 9. The summed E-state index contributed by atoms with van der Waals surface area (Å²) in [4.78, 5) is 36.7. The Morgan fingerprint density at radius 2 is 1.58 bits per heavy atom. The number of nitrogens with zero attached hydrogens (tertiary/aromatic N) is 3. The van der Waals surface area contributed by atoms with E-state index in [0.717, 1.165) is 11.1 Å². The van der Waals surface area contributed by atoms with Crippen molar-refractivity contribution in [2.45, 2.75) is 19.0 Å². The van der Waals surface area contributed by atoms with Crippen LogP contribution >= 0.6 is 11.8 Å². The monoisotopic (exact) mass is 529 g/mol. The second-order valence-corrected chi connectivity index (χ2v) is 9.34. The second-order valence-electron chi connectivity index (χ2n) is 8.40. The number of thioether (sulfide) groups is 1. The van der Waals surface area contributed by atoms with Crippen molar-refractivity contribution < 1.29 is 19.1 Å². The molecule has 0 fully saturated rings. The number of aryl methyl sites for hydroxylation is 1. The van der Waals surface area contributed by atoms with Crippen molar-refractivity contribution in [2.75, 3.05) is 23.0 Å². The summed E-state index contributed by atoms with van der Waals surface area (Å²) in [5.41, 5.74) is 4.12. The Bertz CT molecular complexity index is 1450. The van der Waals surface area contributed by atoms with Gasteiger partial charge in [-0.15, -0.1) is 10.2 Å². The molecule has 0 bridgehead atoms. The summed E-state index contributed by atoms with van der Waals surface area (Å²) >= 11 is 1.26. The summed E-state index contributed by atoms with van der Waals surface area (Å²) in [6.07, 6.45) is 0. The summed E-state index contributed by atoms with van der Waals surface area (Å²) in [5, 5.41) is 14.8. The van der Waals surface area contributed by atoms with Crippen molar-refractivity contribution in [1.29, 1.82) is 0 Å². The van der Waals surface area contributed by atoms with E-state index < -0.39 is 5.97 Å². The molecule has 2 amide bonds. The third-order valence-electron chi connectivity index (χ3n) is 5.53. The predicted octanol–water partition coefficient (Wildman–Crippen LogP) is 4.95. The van der Waals surface area contributed by atoms with Gasteiger partial charge in [0, 0.05) is 29.5 Å². The minimum atomic E-state index is -0.402. The van der Waals surface area contributed by atoms with Gasteiger partial charge in [0.05, 0.1) is 17.9 Å². The zero-order chi connectivity index (χ0) is 27.1. The molecule has 0 unspecified atom stereocenters. The lowest BCUT2D eigenvalue weighted by atomic mass is 10.1. The molecular weight excluding hydrogens is 502 g/mol. The number of hydrogen-bond acceptors (Lipinski definition) is 7. The maximum Gasteiger partial charge on any atom is 0.338 e. The van der Waals surface area contributed by atoms with Gasteiger partial charge in [0.2, 0.25) is 5.91 Å². The predicted molar refractivity (Wildman–Crippen MR) is 147 cm³/mol. The van der Waals surface area contributed by atoms with Gasteiger partial charge in [-0.2, -0.15) is 0 Å². The fourth-order valence-corrected chi connectivity index (χ4v) is 4.33. The molecule has 0 aliphatic rings. The molecule has 1 aromatic heterocycles. The largest absolute Gasteiger partial charge is 0.462 e.